The number of hydrogen-bond donors (Lipinski definition) is 0. The Morgan fingerprint density at radius 2 is 1.68 bits per heavy atom. The van der Waals surface area contributed by atoms with Crippen LogP contribution in [0.3, 0.4) is 0 Å². The van der Waals surface area contributed by atoms with Gasteiger partial charge in [0.25, 0.3) is 0 Å². The Bertz CT molecular complexity index is 391. The van der Waals surface area contributed by atoms with Crippen molar-refractivity contribution in [2.75, 3.05) is 32.8 Å². The molecule has 2 amide bonds. The SMILES string of the molecule is CCOC(=O)CCN(C(C)=O)C1CCN(C(=O)OCC)CC1. The van der Waals surface area contributed by atoms with Crippen LogP contribution in [-0.2, 0) is 19.1 Å². The summed E-state index contributed by atoms with van der Waals surface area (Å²) in [5, 5.41) is 0. The monoisotopic (exact) mass is 314 g/mol. The summed E-state index contributed by atoms with van der Waals surface area (Å²) >= 11 is 0. The second kappa shape index (κ2) is 9.27. The molecule has 22 heavy (non-hydrogen) atoms. The van der Waals surface area contributed by atoms with Gasteiger partial charge in [0.15, 0.2) is 0 Å². The van der Waals surface area contributed by atoms with Crippen molar-refractivity contribution >= 4 is 18.0 Å². The van der Waals surface area contributed by atoms with E-state index >= 15 is 0 Å². The van der Waals surface area contributed by atoms with E-state index in [2.05, 4.69) is 0 Å². The molecule has 1 heterocycles. The van der Waals surface area contributed by atoms with Crippen LogP contribution in [0.15, 0.2) is 0 Å². The summed E-state index contributed by atoms with van der Waals surface area (Å²) in [5.41, 5.74) is 0. The Hall–Kier alpha value is -1.79. The van der Waals surface area contributed by atoms with E-state index in [0.717, 1.165) is 0 Å². The molecule has 0 radical (unpaired) electrons. The van der Waals surface area contributed by atoms with Crippen molar-refractivity contribution in [3.05, 3.63) is 0 Å². The van der Waals surface area contributed by atoms with Gasteiger partial charge in [0.2, 0.25) is 5.91 Å². The molecule has 126 valence electrons. The van der Waals surface area contributed by atoms with Gasteiger partial charge in [-0.2, -0.15) is 0 Å². The van der Waals surface area contributed by atoms with Gasteiger partial charge in [-0.1, -0.05) is 0 Å². The predicted molar refractivity (Wildman–Crippen MR) is 80.3 cm³/mol. The Balaban J connectivity index is 2.48. The van der Waals surface area contributed by atoms with Gasteiger partial charge in [0.1, 0.15) is 0 Å². The molecule has 1 aliphatic heterocycles. The summed E-state index contributed by atoms with van der Waals surface area (Å²) in [6.45, 7) is 7.22. The van der Waals surface area contributed by atoms with Gasteiger partial charge in [-0.3, -0.25) is 9.59 Å². The first-order valence-electron chi connectivity index (χ1n) is 7.84. The zero-order valence-electron chi connectivity index (χ0n) is 13.7. The minimum absolute atomic E-state index is 0.0533. The normalized spacial score (nSPS) is 15.3. The van der Waals surface area contributed by atoms with Crippen LogP contribution in [0.1, 0.15) is 40.0 Å². The van der Waals surface area contributed by atoms with E-state index in [9.17, 15) is 14.4 Å². The standard InChI is InChI=1S/C15H26N2O5/c1-4-21-14(19)8-11-17(12(3)18)13-6-9-16(10-7-13)15(20)22-5-2/h13H,4-11H2,1-3H3. The zero-order chi connectivity index (χ0) is 16.5. The van der Waals surface area contributed by atoms with Crippen LogP contribution in [0.4, 0.5) is 4.79 Å². The number of carbonyl (C=O) groups is 3. The summed E-state index contributed by atoms with van der Waals surface area (Å²) < 4.78 is 9.86. The van der Waals surface area contributed by atoms with Crippen molar-refractivity contribution in [2.24, 2.45) is 0 Å². The zero-order valence-corrected chi connectivity index (χ0v) is 13.7. The van der Waals surface area contributed by atoms with E-state index in [-0.39, 0.29) is 30.4 Å². The second-order valence-electron chi connectivity index (χ2n) is 5.18. The van der Waals surface area contributed by atoms with Crippen molar-refractivity contribution in [1.29, 1.82) is 0 Å². The van der Waals surface area contributed by atoms with E-state index in [0.29, 0.717) is 45.7 Å². The molecule has 0 N–H and O–H groups in total. The van der Waals surface area contributed by atoms with Crippen LogP contribution in [0.25, 0.3) is 0 Å². The van der Waals surface area contributed by atoms with Crippen LogP contribution < -0.4 is 0 Å². The fraction of sp³-hybridized carbons (Fsp3) is 0.800. The Kier molecular flexibility index (Phi) is 7.70. The van der Waals surface area contributed by atoms with Gasteiger partial charge >= 0.3 is 12.1 Å². The molecule has 0 spiro atoms. The third kappa shape index (κ3) is 5.54. The van der Waals surface area contributed by atoms with Crippen molar-refractivity contribution in [3.8, 4) is 0 Å². The first kappa shape index (κ1) is 18.3. The van der Waals surface area contributed by atoms with E-state index < -0.39 is 0 Å². The van der Waals surface area contributed by atoms with Crippen LogP contribution in [0, 0.1) is 0 Å². The summed E-state index contributed by atoms with van der Waals surface area (Å²) in [6.07, 6.45) is 1.29. The highest BCUT2D eigenvalue weighted by Crippen LogP contribution is 2.18. The van der Waals surface area contributed by atoms with E-state index in [1.165, 1.54) is 6.92 Å². The number of hydrogen-bond acceptors (Lipinski definition) is 5. The fourth-order valence-electron chi connectivity index (χ4n) is 2.62. The summed E-state index contributed by atoms with van der Waals surface area (Å²) in [5.74, 6) is -0.350. The molecule has 0 aromatic carbocycles. The largest absolute Gasteiger partial charge is 0.466 e. The second-order valence-corrected chi connectivity index (χ2v) is 5.18. The Labute approximate surface area is 131 Å². The van der Waals surface area contributed by atoms with Crippen molar-refractivity contribution in [2.45, 2.75) is 46.1 Å². The lowest BCUT2D eigenvalue weighted by atomic mass is 10.0. The first-order chi connectivity index (χ1) is 10.5. The highest BCUT2D eigenvalue weighted by Gasteiger charge is 2.29. The summed E-state index contributed by atoms with van der Waals surface area (Å²) in [6, 6.07) is 0.0533. The third-order valence-electron chi connectivity index (χ3n) is 3.70. The molecule has 0 bridgehead atoms. The molecule has 0 aromatic heterocycles. The van der Waals surface area contributed by atoms with E-state index in [1.54, 1.807) is 23.6 Å². The molecule has 0 atom stereocenters. The van der Waals surface area contributed by atoms with E-state index in [4.69, 9.17) is 9.47 Å². The van der Waals surface area contributed by atoms with Crippen molar-refractivity contribution < 1.29 is 23.9 Å². The smallest absolute Gasteiger partial charge is 0.409 e. The molecular formula is C15H26N2O5. The molecular weight excluding hydrogens is 288 g/mol. The predicted octanol–water partition coefficient (Wildman–Crippen LogP) is 1.41. The number of ether oxygens (including phenoxy) is 2. The van der Waals surface area contributed by atoms with Crippen LogP contribution in [-0.4, -0.2) is 66.7 Å². The van der Waals surface area contributed by atoms with Crippen molar-refractivity contribution in [3.63, 3.8) is 0 Å². The Morgan fingerprint density at radius 3 is 2.18 bits per heavy atom. The van der Waals surface area contributed by atoms with Gasteiger partial charge in [-0.15, -0.1) is 0 Å². The van der Waals surface area contributed by atoms with Crippen LogP contribution in [0.5, 0.6) is 0 Å². The summed E-state index contributed by atoms with van der Waals surface area (Å²) in [7, 11) is 0. The fourth-order valence-corrected chi connectivity index (χ4v) is 2.62. The third-order valence-corrected chi connectivity index (χ3v) is 3.70. The number of amides is 2. The lowest BCUT2D eigenvalue weighted by molar-refractivity contribution is -0.144. The minimum Gasteiger partial charge on any atom is -0.466 e. The molecule has 1 saturated heterocycles. The molecule has 1 aliphatic rings. The number of carbonyl (C=O) groups excluding carboxylic acids is 3. The highest BCUT2D eigenvalue weighted by atomic mass is 16.6. The topological polar surface area (TPSA) is 76.2 Å². The maximum atomic E-state index is 11.8. The number of esters is 1. The first-order valence-corrected chi connectivity index (χ1v) is 7.84. The summed E-state index contributed by atoms with van der Waals surface area (Å²) in [4.78, 5) is 38.3. The number of nitrogens with zero attached hydrogens (tertiary/aromatic N) is 2. The molecule has 1 fully saturated rings. The van der Waals surface area contributed by atoms with Crippen molar-refractivity contribution in [1.82, 2.24) is 9.80 Å². The minimum atomic E-state index is -0.304. The van der Waals surface area contributed by atoms with E-state index in [1.807, 2.05) is 0 Å². The molecule has 7 nitrogen and oxygen atoms in total. The van der Waals surface area contributed by atoms with Gasteiger partial charge in [0.05, 0.1) is 19.6 Å². The lowest BCUT2D eigenvalue weighted by Gasteiger charge is -2.37. The quantitative estimate of drug-likeness (QED) is 0.693. The molecule has 7 heteroatoms. The van der Waals surface area contributed by atoms with Gasteiger partial charge in [0, 0.05) is 32.6 Å². The molecule has 0 aliphatic carbocycles. The molecule has 0 saturated carbocycles. The lowest BCUT2D eigenvalue weighted by Crippen LogP contribution is -2.48. The average molecular weight is 314 g/mol. The van der Waals surface area contributed by atoms with Crippen LogP contribution >= 0.6 is 0 Å². The molecule has 1 rings (SSSR count). The number of likely N-dealkylation sites (tertiary alicyclic amines) is 1. The number of rotatable bonds is 6. The maximum absolute atomic E-state index is 11.8. The van der Waals surface area contributed by atoms with Gasteiger partial charge in [-0.25, -0.2) is 4.79 Å². The number of piperidine rings is 1. The average Bonchev–Trinajstić information content (AvgIpc) is 2.48. The highest BCUT2D eigenvalue weighted by molar-refractivity contribution is 5.75. The Morgan fingerprint density at radius 1 is 1.09 bits per heavy atom. The van der Waals surface area contributed by atoms with Gasteiger partial charge in [-0.05, 0) is 26.7 Å². The van der Waals surface area contributed by atoms with Crippen LogP contribution in [0.2, 0.25) is 0 Å². The van der Waals surface area contributed by atoms with Gasteiger partial charge < -0.3 is 19.3 Å². The molecule has 0 aromatic rings. The maximum Gasteiger partial charge on any atom is 0.409 e. The molecule has 0 unspecified atom stereocenters.